The summed E-state index contributed by atoms with van der Waals surface area (Å²) >= 11 is 0. The first-order valence-electron chi connectivity index (χ1n) is 10.4. The van der Waals surface area contributed by atoms with E-state index in [0.29, 0.717) is 13.1 Å². The van der Waals surface area contributed by atoms with E-state index in [1.165, 1.54) is 28.5 Å². The fourth-order valence-corrected chi connectivity index (χ4v) is 5.88. The zero-order chi connectivity index (χ0) is 20.6. The molecule has 0 bridgehead atoms. The maximum atomic E-state index is 12.2. The van der Waals surface area contributed by atoms with Gasteiger partial charge in [0.15, 0.2) is 0 Å². The van der Waals surface area contributed by atoms with Crippen LogP contribution in [-0.4, -0.2) is 67.3 Å². The van der Waals surface area contributed by atoms with Gasteiger partial charge in [-0.3, -0.25) is 4.90 Å². The highest BCUT2D eigenvalue weighted by molar-refractivity contribution is 7.88. The largest absolute Gasteiger partial charge is 0.395 e. The van der Waals surface area contributed by atoms with Crippen LogP contribution in [0.5, 0.6) is 0 Å². The number of hydrogen-bond donors (Lipinski definition) is 1. The van der Waals surface area contributed by atoms with Crippen LogP contribution in [0.25, 0.3) is 11.1 Å². The van der Waals surface area contributed by atoms with Crippen molar-refractivity contribution in [2.75, 3.05) is 32.5 Å². The zero-order valence-electron chi connectivity index (χ0n) is 17.2. The molecule has 2 fully saturated rings. The average molecular weight is 415 g/mol. The summed E-state index contributed by atoms with van der Waals surface area (Å²) in [5, 5.41) is 10.0. The van der Waals surface area contributed by atoms with Crippen molar-refractivity contribution in [1.29, 1.82) is 0 Å². The minimum Gasteiger partial charge on any atom is -0.395 e. The fourth-order valence-electron chi connectivity index (χ4n) is 4.99. The normalized spacial score (nSPS) is 26.2. The lowest BCUT2D eigenvalue weighted by Crippen LogP contribution is -2.67. The molecule has 6 heteroatoms. The van der Waals surface area contributed by atoms with Gasteiger partial charge >= 0.3 is 0 Å². The lowest BCUT2D eigenvalue weighted by atomic mass is 9.74. The van der Waals surface area contributed by atoms with Gasteiger partial charge in [0.05, 0.1) is 12.9 Å². The van der Waals surface area contributed by atoms with Gasteiger partial charge in [-0.2, -0.15) is 0 Å². The first-order valence-corrected chi connectivity index (χ1v) is 12.2. The van der Waals surface area contributed by atoms with Gasteiger partial charge in [-0.15, -0.1) is 0 Å². The lowest BCUT2D eigenvalue weighted by Gasteiger charge is -2.57. The Morgan fingerprint density at radius 1 is 1.03 bits per heavy atom. The van der Waals surface area contributed by atoms with Crippen LogP contribution in [-0.2, 0) is 10.0 Å². The molecule has 0 spiro atoms. The number of fused-ring (bicyclic) bond motifs is 1. The van der Waals surface area contributed by atoms with Crippen LogP contribution in [0.2, 0.25) is 0 Å². The SMILES string of the molecule is Cc1ccccc1-c1ccc([C@H]2[C@H]3CN(S(C)(=O)=O)CCCCN3[C@H]2CO)cc1. The number of hydrogen-bond acceptors (Lipinski definition) is 4. The van der Waals surface area contributed by atoms with E-state index < -0.39 is 10.0 Å². The maximum Gasteiger partial charge on any atom is 0.211 e. The van der Waals surface area contributed by atoms with Crippen LogP contribution in [0, 0.1) is 6.92 Å². The molecule has 2 aromatic carbocycles. The fraction of sp³-hybridized carbons (Fsp3) is 0.478. The molecule has 0 amide bonds. The van der Waals surface area contributed by atoms with E-state index in [2.05, 4.69) is 54.3 Å². The van der Waals surface area contributed by atoms with E-state index in [1.54, 1.807) is 4.31 Å². The topological polar surface area (TPSA) is 60.9 Å². The summed E-state index contributed by atoms with van der Waals surface area (Å²) < 4.78 is 26.0. The summed E-state index contributed by atoms with van der Waals surface area (Å²) in [6.45, 7) is 4.22. The van der Waals surface area contributed by atoms with Gasteiger partial charge in [-0.1, -0.05) is 48.5 Å². The van der Waals surface area contributed by atoms with E-state index >= 15 is 0 Å². The molecule has 156 valence electrons. The highest BCUT2D eigenvalue weighted by Crippen LogP contribution is 2.42. The number of aliphatic hydroxyl groups is 1. The molecule has 2 aliphatic heterocycles. The number of aryl methyl sites for hydroxylation is 1. The maximum absolute atomic E-state index is 12.2. The molecule has 3 atom stereocenters. The van der Waals surface area contributed by atoms with Gasteiger partial charge in [-0.05, 0) is 48.6 Å². The number of sulfonamides is 1. The van der Waals surface area contributed by atoms with E-state index in [1.807, 2.05) is 6.07 Å². The summed E-state index contributed by atoms with van der Waals surface area (Å²) in [5.41, 5.74) is 4.82. The van der Waals surface area contributed by atoms with Gasteiger partial charge < -0.3 is 5.11 Å². The molecule has 0 aliphatic carbocycles. The molecule has 0 aromatic heterocycles. The molecule has 2 aromatic rings. The molecule has 2 saturated heterocycles. The minimum absolute atomic E-state index is 0.0591. The number of nitrogens with zero attached hydrogens (tertiary/aromatic N) is 2. The summed E-state index contributed by atoms with van der Waals surface area (Å²) in [4.78, 5) is 2.30. The molecule has 29 heavy (non-hydrogen) atoms. The summed E-state index contributed by atoms with van der Waals surface area (Å²) in [6, 6.07) is 17.1. The molecule has 0 radical (unpaired) electrons. The molecule has 2 aliphatic rings. The van der Waals surface area contributed by atoms with E-state index in [-0.39, 0.29) is 24.6 Å². The van der Waals surface area contributed by atoms with Gasteiger partial charge in [0, 0.05) is 31.1 Å². The molecule has 4 rings (SSSR count). The Morgan fingerprint density at radius 3 is 2.38 bits per heavy atom. The second-order valence-electron chi connectivity index (χ2n) is 8.35. The van der Waals surface area contributed by atoms with Gasteiger partial charge in [-0.25, -0.2) is 12.7 Å². The molecular weight excluding hydrogens is 384 g/mol. The van der Waals surface area contributed by atoms with Crippen molar-refractivity contribution in [2.24, 2.45) is 0 Å². The Kier molecular flexibility index (Phi) is 5.80. The third-order valence-corrected chi connectivity index (χ3v) is 7.82. The number of rotatable bonds is 4. The monoisotopic (exact) mass is 414 g/mol. The van der Waals surface area contributed by atoms with Gasteiger partial charge in [0.25, 0.3) is 0 Å². The van der Waals surface area contributed by atoms with Gasteiger partial charge in [0.2, 0.25) is 10.0 Å². The average Bonchev–Trinajstić information content (AvgIpc) is 2.67. The molecule has 1 N–H and O–H groups in total. The zero-order valence-corrected chi connectivity index (χ0v) is 18.0. The molecule has 0 unspecified atom stereocenters. The Balaban J connectivity index is 1.61. The quantitative estimate of drug-likeness (QED) is 0.836. The standard InChI is InChI=1S/C23H30N2O3S/c1-17-7-3-4-8-20(17)18-9-11-19(12-10-18)23-21-15-24(29(2,27)28)13-5-6-14-25(21)22(23)16-26/h3-4,7-12,21-23,26H,5-6,13-16H2,1-2H3/t21-,22+,23+/m1/s1. The van der Waals surface area contributed by atoms with Crippen LogP contribution in [0.3, 0.4) is 0 Å². The first kappa shape index (κ1) is 20.5. The van der Waals surface area contributed by atoms with Crippen LogP contribution < -0.4 is 0 Å². The Bertz CT molecular complexity index is 958. The van der Waals surface area contributed by atoms with Crippen LogP contribution in [0.1, 0.15) is 29.9 Å². The minimum atomic E-state index is -3.22. The van der Waals surface area contributed by atoms with Crippen molar-refractivity contribution < 1.29 is 13.5 Å². The highest BCUT2D eigenvalue weighted by Gasteiger charge is 2.49. The van der Waals surface area contributed by atoms with E-state index in [0.717, 1.165) is 19.4 Å². The summed E-state index contributed by atoms with van der Waals surface area (Å²) in [7, 11) is -3.22. The predicted molar refractivity (Wildman–Crippen MR) is 116 cm³/mol. The lowest BCUT2D eigenvalue weighted by molar-refractivity contribution is -0.0553. The molecule has 2 heterocycles. The van der Waals surface area contributed by atoms with E-state index in [4.69, 9.17) is 0 Å². The van der Waals surface area contributed by atoms with Crippen LogP contribution in [0.15, 0.2) is 48.5 Å². The second-order valence-corrected chi connectivity index (χ2v) is 10.3. The third kappa shape index (κ3) is 3.99. The van der Waals surface area contributed by atoms with Crippen molar-refractivity contribution in [3.63, 3.8) is 0 Å². The second kappa shape index (κ2) is 8.19. The van der Waals surface area contributed by atoms with Crippen molar-refractivity contribution in [3.8, 4) is 11.1 Å². The number of aliphatic hydroxyl groups excluding tert-OH is 1. The molecule has 0 saturated carbocycles. The Morgan fingerprint density at radius 2 is 1.72 bits per heavy atom. The van der Waals surface area contributed by atoms with Crippen molar-refractivity contribution in [3.05, 3.63) is 59.7 Å². The van der Waals surface area contributed by atoms with Crippen molar-refractivity contribution in [1.82, 2.24) is 9.21 Å². The van der Waals surface area contributed by atoms with Crippen LogP contribution in [0.4, 0.5) is 0 Å². The van der Waals surface area contributed by atoms with Crippen molar-refractivity contribution >= 4 is 10.0 Å². The van der Waals surface area contributed by atoms with Crippen LogP contribution >= 0.6 is 0 Å². The van der Waals surface area contributed by atoms with E-state index in [9.17, 15) is 13.5 Å². The Labute approximate surface area is 174 Å². The molecular formula is C23H30N2O3S. The third-order valence-electron chi connectivity index (χ3n) is 6.55. The smallest absolute Gasteiger partial charge is 0.211 e. The number of benzene rings is 2. The first-order chi connectivity index (χ1) is 13.9. The predicted octanol–water partition coefficient (Wildman–Crippen LogP) is 2.85. The summed E-state index contributed by atoms with van der Waals surface area (Å²) in [6.07, 6.45) is 3.12. The van der Waals surface area contributed by atoms with Crippen molar-refractivity contribution in [2.45, 2.75) is 37.8 Å². The summed E-state index contributed by atoms with van der Waals surface area (Å²) in [5.74, 6) is 0.147. The highest BCUT2D eigenvalue weighted by atomic mass is 32.2. The Hall–Kier alpha value is -1.73. The van der Waals surface area contributed by atoms with Gasteiger partial charge in [0.1, 0.15) is 0 Å². The molecule has 5 nitrogen and oxygen atoms in total.